The summed E-state index contributed by atoms with van der Waals surface area (Å²) in [5, 5.41) is 0.557. The first-order valence-corrected chi connectivity index (χ1v) is 8.87. The molecule has 5 nitrogen and oxygen atoms in total. The van der Waals surface area contributed by atoms with Gasteiger partial charge in [0.2, 0.25) is 10.0 Å². The van der Waals surface area contributed by atoms with E-state index in [4.69, 9.17) is 41.2 Å². The fraction of sp³-hybridized carbons (Fsp3) is 0.417. The van der Waals surface area contributed by atoms with Crippen molar-refractivity contribution in [2.45, 2.75) is 4.90 Å². The Labute approximate surface area is 139 Å². The zero-order chi connectivity index (χ0) is 15.6. The summed E-state index contributed by atoms with van der Waals surface area (Å²) in [5.74, 6) is 0. The third-order valence-corrected chi connectivity index (χ3v) is 6.00. The van der Waals surface area contributed by atoms with Crippen LogP contribution < -0.4 is 5.73 Å². The second-order valence-corrected chi connectivity index (χ2v) is 8.00. The molecule has 9 heteroatoms. The lowest BCUT2D eigenvalue weighted by Crippen LogP contribution is -2.50. The van der Waals surface area contributed by atoms with Gasteiger partial charge in [-0.2, -0.15) is 4.31 Å². The Kier molecular flexibility index (Phi) is 5.45. The van der Waals surface area contributed by atoms with Crippen LogP contribution in [0.15, 0.2) is 23.1 Å². The van der Waals surface area contributed by atoms with Crippen molar-refractivity contribution in [2.24, 2.45) is 5.73 Å². The minimum absolute atomic E-state index is 0.152. The highest BCUT2D eigenvalue weighted by Gasteiger charge is 2.28. The topological polar surface area (TPSA) is 66.6 Å². The van der Waals surface area contributed by atoms with Gasteiger partial charge in [-0.1, -0.05) is 35.4 Å². The van der Waals surface area contributed by atoms with E-state index in [0.717, 1.165) is 0 Å². The first-order chi connectivity index (χ1) is 9.80. The molecule has 2 rings (SSSR count). The number of halogens is 2. The van der Waals surface area contributed by atoms with Gasteiger partial charge in [0.05, 0.1) is 19.9 Å². The van der Waals surface area contributed by atoms with Crippen molar-refractivity contribution >= 4 is 50.4 Å². The highest BCUT2D eigenvalue weighted by atomic mass is 35.5. The van der Waals surface area contributed by atoms with Crippen molar-refractivity contribution in [3.05, 3.63) is 28.2 Å². The lowest BCUT2D eigenvalue weighted by Gasteiger charge is -2.33. The van der Waals surface area contributed by atoms with Crippen molar-refractivity contribution in [1.82, 2.24) is 9.21 Å². The molecule has 0 unspecified atom stereocenters. The molecule has 0 spiro atoms. The average molecular weight is 368 g/mol. The summed E-state index contributed by atoms with van der Waals surface area (Å²) in [4.78, 5) is 2.60. The molecule has 1 saturated heterocycles. The first kappa shape index (κ1) is 16.9. The number of hydrogen-bond donors (Lipinski definition) is 1. The smallest absolute Gasteiger partial charge is 0.243 e. The molecular formula is C12H15Cl2N3O2S2. The summed E-state index contributed by atoms with van der Waals surface area (Å²) in [6.07, 6.45) is 0. The molecule has 21 heavy (non-hydrogen) atoms. The molecule has 1 heterocycles. The molecule has 0 atom stereocenters. The number of rotatable bonds is 4. The van der Waals surface area contributed by atoms with Gasteiger partial charge in [-0.25, -0.2) is 8.42 Å². The molecule has 116 valence electrons. The number of sulfonamides is 1. The summed E-state index contributed by atoms with van der Waals surface area (Å²) in [6, 6.07) is 4.32. The molecule has 0 bridgehead atoms. The van der Waals surface area contributed by atoms with Crippen molar-refractivity contribution in [1.29, 1.82) is 0 Å². The number of benzene rings is 1. The van der Waals surface area contributed by atoms with Gasteiger partial charge in [-0.3, -0.25) is 4.90 Å². The minimum atomic E-state index is -3.55. The third kappa shape index (κ3) is 4.06. The van der Waals surface area contributed by atoms with Crippen LogP contribution in [0, 0.1) is 0 Å². The highest BCUT2D eigenvalue weighted by molar-refractivity contribution is 7.89. The maximum absolute atomic E-state index is 12.5. The predicted octanol–water partition coefficient (Wildman–Crippen LogP) is 1.59. The Bertz CT molecular complexity index is 644. The molecule has 1 aliphatic rings. The van der Waals surface area contributed by atoms with Gasteiger partial charge in [-0.05, 0) is 18.2 Å². The molecule has 0 aromatic heterocycles. The van der Waals surface area contributed by atoms with E-state index in [-0.39, 0.29) is 9.92 Å². The lowest BCUT2D eigenvalue weighted by molar-refractivity contribution is 0.209. The Balaban J connectivity index is 2.11. The van der Waals surface area contributed by atoms with Gasteiger partial charge in [0.25, 0.3) is 0 Å². The van der Waals surface area contributed by atoms with Gasteiger partial charge in [0.15, 0.2) is 0 Å². The summed E-state index contributed by atoms with van der Waals surface area (Å²) in [7, 11) is -3.55. The quantitative estimate of drug-likeness (QED) is 0.818. The monoisotopic (exact) mass is 367 g/mol. The van der Waals surface area contributed by atoms with Crippen LogP contribution in [-0.2, 0) is 10.0 Å². The molecule has 1 aromatic rings. The summed E-state index contributed by atoms with van der Waals surface area (Å²) < 4.78 is 26.5. The van der Waals surface area contributed by atoms with Crippen molar-refractivity contribution in [3.8, 4) is 0 Å². The molecule has 1 fully saturated rings. The molecule has 0 saturated carbocycles. The van der Waals surface area contributed by atoms with Crippen LogP contribution in [0.1, 0.15) is 0 Å². The maximum Gasteiger partial charge on any atom is 0.243 e. The van der Waals surface area contributed by atoms with Crippen molar-refractivity contribution in [2.75, 3.05) is 32.7 Å². The van der Waals surface area contributed by atoms with Gasteiger partial charge in [0.1, 0.15) is 0 Å². The molecule has 2 N–H and O–H groups in total. The van der Waals surface area contributed by atoms with Crippen molar-refractivity contribution < 1.29 is 8.42 Å². The number of nitrogens with two attached hydrogens (primary N) is 1. The van der Waals surface area contributed by atoms with Crippen LogP contribution in [0.3, 0.4) is 0 Å². The Morgan fingerprint density at radius 3 is 2.33 bits per heavy atom. The Morgan fingerprint density at radius 1 is 1.19 bits per heavy atom. The van der Waals surface area contributed by atoms with Crippen molar-refractivity contribution in [3.63, 3.8) is 0 Å². The number of nitrogens with zero attached hydrogens (tertiary/aromatic N) is 2. The Morgan fingerprint density at radius 2 is 1.81 bits per heavy atom. The van der Waals surface area contributed by atoms with E-state index in [2.05, 4.69) is 0 Å². The fourth-order valence-corrected chi connectivity index (χ4v) is 4.13. The minimum Gasteiger partial charge on any atom is -0.392 e. The standard InChI is InChI=1S/C12H15Cl2N3O2S2/c13-10-2-1-9(7-11(10)14)21(18,19)17-5-3-16(4-6-17)8-12(15)20/h1-2,7H,3-6,8H2,(H2,15,20). The van der Waals surface area contributed by atoms with Crippen LogP contribution in [-0.4, -0.2) is 55.3 Å². The maximum atomic E-state index is 12.5. The number of piperazine rings is 1. The summed E-state index contributed by atoms with van der Waals surface area (Å²) in [6.45, 7) is 2.49. The van der Waals surface area contributed by atoms with Crippen LogP contribution >= 0.6 is 35.4 Å². The highest BCUT2D eigenvalue weighted by Crippen LogP contribution is 2.26. The number of hydrogen-bond acceptors (Lipinski definition) is 4. The molecular weight excluding hydrogens is 353 g/mol. The van der Waals surface area contributed by atoms with Gasteiger partial charge >= 0.3 is 0 Å². The summed E-state index contributed by atoms with van der Waals surface area (Å²) >= 11 is 16.6. The van der Waals surface area contributed by atoms with Crippen LogP contribution in [0.5, 0.6) is 0 Å². The molecule has 0 radical (unpaired) electrons. The molecule has 0 amide bonds. The van der Waals surface area contributed by atoms with E-state index in [0.29, 0.717) is 42.7 Å². The number of thiocarbonyl (C=S) groups is 1. The fourth-order valence-electron chi connectivity index (χ4n) is 2.13. The van der Waals surface area contributed by atoms with E-state index < -0.39 is 10.0 Å². The SMILES string of the molecule is NC(=S)CN1CCN(S(=O)(=O)c2ccc(Cl)c(Cl)c2)CC1. The lowest BCUT2D eigenvalue weighted by atomic mass is 10.3. The van der Waals surface area contributed by atoms with Crippen LogP contribution in [0.25, 0.3) is 0 Å². The van der Waals surface area contributed by atoms with E-state index in [1.54, 1.807) is 0 Å². The summed E-state index contributed by atoms with van der Waals surface area (Å²) in [5.41, 5.74) is 5.50. The second-order valence-electron chi connectivity index (χ2n) is 4.72. The van der Waals surface area contributed by atoms with Gasteiger partial charge < -0.3 is 5.73 Å². The molecule has 1 aromatic carbocycles. The van der Waals surface area contributed by atoms with Crippen LogP contribution in [0.2, 0.25) is 10.0 Å². The predicted molar refractivity (Wildman–Crippen MR) is 88.4 cm³/mol. The average Bonchev–Trinajstić information content (AvgIpc) is 2.41. The normalized spacial score (nSPS) is 17.8. The second kappa shape index (κ2) is 6.76. The largest absolute Gasteiger partial charge is 0.392 e. The Hall–Kier alpha value is -0.440. The van der Waals surface area contributed by atoms with E-state index >= 15 is 0 Å². The zero-order valence-electron chi connectivity index (χ0n) is 11.1. The van der Waals surface area contributed by atoms with Gasteiger partial charge in [-0.15, -0.1) is 0 Å². The van der Waals surface area contributed by atoms with E-state index in [1.807, 2.05) is 4.90 Å². The van der Waals surface area contributed by atoms with E-state index in [9.17, 15) is 8.42 Å². The van der Waals surface area contributed by atoms with Gasteiger partial charge in [0, 0.05) is 32.7 Å². The molecule has 1 aliphatic heterocycles. The molecule has 0 aliphatic carbocycles. The van der Waals surface area contributed by atoms with E-state index in [1.165, 1.54) is 22.5 Å². The zero-order valence-corrected chi connectivity index (χ0v) is 14.3. The first-order valence-electron chi connectivity index (χ1n) is 6.26. The van der Waals surface area contributed by atoms with Crippen LogP contribution in [0.4, 0.5) is 0 Å². The third-order valence-electron chi connectivity index (χ3n) is 3.24.